The van der Waals surface area contributed by atoms with Crippen LogP contribution >= 0.6 is 0 Å². The van der Waals surface area contributed by atoms with Crippen LogP contribution in [0.2, 0.25) is 0 Å². The van der Waals surface area contributed by atoms with Crippen LogP contribution in [0.5, 0.6) is 5.75 Å². The quantitative estimate of drug-likeness (QED) is 0.819. The Morgan fingerprint density at radius 3 is 2.52 bits per heavy atom. The van der Waals surface area contributed by atoms with Crippen LogP contribution in [0.25, 0.3) is 0 Å². The van der Waals surface area contributed by atoms with Gasteiger partial charge in [-0.05, 0) is 31.0 Å². The minimum Gasteiger partial charge on any atom is -0.495 e. The van der Waals surface area contributed by atoms with Crippen molar-refractivity contribution in [2.75, 3.05) is 7.11 Å². The van der Waals surface area contributed by atoms with E-state index in [1.807, 2.05) is 0 Å². The van der Waals surface area contributed by atoms with Gasteiger partial charge >= 0.3 is 0 Å². The normalized spacial score (nSPS) is 21.0. The Hall–Kier alpha value is -2.15. The third-order valence-electron chi connectivity index (χ3n) is 4.56. The lowest BCUT2D eigenvalue weighted by Crippen LogP contribution is -2.57. The smallest absolute Gasteiger partial charge is 0.290 e. The number of benzene rings is 1. The summed E-state index contributed by atoms with van der Waals surface area (Å²) in [5.41, 5.74) is -1.21. The van der Waals surface area contributed by atoms with Crippen molar-refractivity contribution < 1.29 is 22.3 Å². The van der Waals surface area contributed by atoms with Gasteiger partial charge in [0.05, 0.1) is 18.7 Å². The second kappa shape index (κ2) is 5.98. The molecular weight excluding hydrogens is 336 g/mol. The lowest BCUT2D eigenvalue weighted by atomic mass is 9.78. The van der Waals surface area contributed by atoms with Gasteiger partial charge in [0.25, 0.3) is 12.3 Å². The zero-order valence-electron chi connectivity index (χ0n) is 14.0. The molecule has 1 aliphatic rings. The van der Waals surface area contributed by atoms with Crippen molar-refractivity contribution in [2.24, 2.45) is 0 Å². The average Bonchev–Trinajstić information content (AvgIpc) is 2.58. The first kappa shape index (κ1) is 17.7. The second-order valence-corrected chi connectivity index (χ2v) is 6.52. The van der Waals surface area contributed by atoms with Gasteiger partial charge in [0.15, 0.2) is 0 Å². The largest absolute Gasteiger partial charge is 0.495 e. The molecule has 0 saturated heterocycles. The van der Waals surface area contributed by atoms with Crippen LogP contribution < -0.4 is 10.1 Å². The molecule has 134 valence electrons. The number of nitrogens with one attached hydrogen (secondary N) is 1. The Labute approximate surface area is 143 Å². The van der Waals surface area contributed by atoms with Crippen molar-refractivity contribution >= 4 is 0 Å². The molecule has 1 aromatic heterocycles. The molecule has 7 heteroatoms. The van der Waals surface area contributed by atoms with E-state index in [9.17, 15) is 17.6 Å². The monoisotopic (exact) mass is 354 g/mol. The molecule has 1 N–H and O–H groups in total. The molecule has 0 amide bonds. The molecular formula is C18H18F4N2O. The SMILES string of the molecule is COc1cc(C2NC(C)(C)C(F)(F)c3ccccc32)cnc1C(F)F. The summed E-state index contributed by atoms with van der Waals surface area (Å²) in [5, 5.41) is 2.92. The standard InChI is InChI=1S/C18H18F4N2O/c1-17(2)18(21,22)12-7-5-4-6-11(12)14(24-17)10-8-13(25-3)15(16(19)20)23-9-10/h4-9,14,16,24H,1-3H3. The number of rotatable bonds is 3. The first-order valence-corrected chi connectivity index (χ1v) is 7.76. The van der Waals surface area contributed by atoms with Crippen molar-refractivity contribution in [3.8, 4) is 5.75 Å². The molecule has 1 aromatic carbocycles. The van der Waals surface area contributed by atoms with Crippen molar-refractivity contribution in [3.05, 3.63) is 58.9 Å². The van der Waals surface area contributed by atoms with Gasteiger partial charge in [0, 0.05) is 11.8 Å². The average molecular weight is 354 g/mol. The number of pyridine rings is 1. The highest BCUT2D eigenvalue weighted by atomic mass is 19.3. The van der Waals surface area contributed by atoms with Crippen LogP contribution in [0.3, 0.4) is 0 Å². The predicted octanol–water partition coefficient (Wildman–Crippen LogP) is 4.59. The topological polar surface area (TPSA) is 34.1 Å². The number of alkyl halides is 4. The van der Waals surface area contributed by atoms with Gasteiger partial charge < -0.3 is 4.74 Å². The Balaban J connectivity index is 2.15. The first-order chi connectivity index (χ1) is 11.7. The fraction of sp³-hybridized carbons (Fsp3) is 0.389. The van der Waals surface area contributed by atoms with E-state index in [4.69, 9.17) is 4.74 Å². The number of methoxy groups -OCH3 is 1. The van der Waals surface area contributed by atoms with Crippen LogP contribution in [0.4, 0.5) is 17.6 Å². The molecule has 0 fully saturated rings. The Morgan fingerprint density at radius 1 is 1.20 bits per heavy atom. The van der Waals surface area contributed by atoms with E-state index in [1.165, 1.54) is 39.3 Å². The van der Waals surface area contributed by atoms with Gasteiger partial charge in [-0.25, -0.2) is 8.78 Å². The number of fused-ring (bicyclic) bond motifs is 1. The maximum absolute atomic E-state index is 14.8. The summed E-state index contributed by atoms with van der Waals surface area (Å²) in [4.78, 5) is 3.78. The van der Waals surface area contributed by atoms with E-state index in [-0.39, 0.29) is 11.3 Å². The molecule has 3 rings (SSSR count). The molecule has 0 spiro atoms. The number of hydrogen-bond acceptors (Lipinski definition) is 3. The summed E-state index contributed by atoms with van der Waals surface area (Å²) >= 11 is 0. The molecule has 0 aliphatic carbocycles. The zero-order chi connectivity index (χ0) is 18.4. The predicted molar refractivity (Wildman–Crippen MR) is 85.1 cm³/mol. The second-order valence-electron chi connectivity index (χ2n) is 6.52. The van der Waals surface area contributed by atoms with Gasteiger partial charge in [-0.3, -0.25) is 10.3 Å². The van der Waals surface area contributed by atoms with E-state index >= 15 is 0 Å². The Bertz CT molecular complexity index is 792. The Kier molecular flexibility index (Phi) is 4.23. The number of hydrogen-bond donors (Lipinski definition) is 1. The van der Waals surface area contributed by atoms with E-state index in [1.54, 1.807) is 18.2 Å². The van der Waals surface area contributed by atoms with E-state index in [2.05, 4.69) is 10.3 Å². The van der Waals surface area contributed by atoms with Crippen LogP contribution in [-0.4, -0.2) is 17.6 Å². The van der Waals surface area contributed by atoms with Gasteiger partial charge in [-0.15, -0.1) is 0 Å². The van der Waals surface area contributed by atoms with Gasteiger partial charge in [-0.1, -0.05) is 24.3 Å². The molecule has 3 nitrogen and oxygen atoms in total. The number of ether oxygens (including phenoxy) is 1. The molecule has 0 saturated carbocycles. The summed E-state index contributed by atoms with van der Waals surface area (Å²) in [6, 6.07) is 7.03. The minimum atomic E-state index is -3.08. The molecule has 0 radical (unpaired) electrons. The van der Waals surface area contributed by atoms with Crippen molar-refractivity contribution in [1.82, 2.24) is 10.3 Å². The molecule has 2 aromatic rings. The molecule has 1 aliphatic heterocycles. The highest BCUT2D eigenvalue weighted by Crippen LogP contribution is 2.48. The first-order valence-electron chi connectivity index (χ1n) is 7.76. The van der Waals surface area contributed by atoms with Crippen LogP contribution in [0, 0.1) is 0 Å². The lowest BCUT2D eigenvalue weighted by Gasteiger charge is -2.44. The third kappa shape index (κ3) is 2.76. The molecule has 25 heavy (non-hydrogen) atoms. The number of halogens is 4. The highest BCUT2D eigenvalue weighted by Gasteiger charge is 2.54. The van der Waals surface area contributed by atoms with Crippen molar-refractivity contribution in [1.29, 1.82) is 0 Å². The van der Waals surface area contributed by atoms with Gasteiger partial charge in [-0.2, -0.15) is 8.78 Å². The van der Waals surface area contributed by atoms with Crippen molar-refractivity contribution in [2.45, 2.75) is 37.8 Å². The molecule has 1 atom stereocenters. The maximum Gasteiger partial charge on any atom is 0.290 e. The van der Waals surface area contributed by atoms with Crippen molar-refractivity contribution in [3.63, 3.8) is 0 Å². The summed E-state index contributed by atoms with van der Waals surface area (Å²) < 4.78 is 60.5. The maximum atomic E-state index is 14.8. The lowest BCUT2D eigenvalue weighted by molar-refractivity contribution is -0.0951. The van der Waals surface area contributed by atoms with Crippen LogP contribution in [-0.2, 0) is 5.92 Å². The number of nitrogens with zero attached hydrogens (tertiary/aromatic N) is 1. The molecule has 1 unspecified atom stereocenters. The summed E-state index contributed by atoms with van der Waals surface area (Å²) in [7, 11) is 1.27. The van der Waals surface area contributed by atoms with Gasteiger partial charge in [0.2, 0.25) is 0 Å². The Morgan fingerprint density at radius 2 is 1.88 bits per heavy atom. The molecule has 0 bridgehead atoms. The fourth-order valence-electron chi connectivity index (χ4n) is 3.12. The fourth-order valence-corrected chi connectivity index (χ4v) is 3.12. The van der Waals surface area contributed by atoms with E-state index < -0.39 is 29.6 Å². The third-order valence-corrected chi connectivity index (χ3v) is 4.56. The highest BCUT2D eigenvalue weighted by molar-refractivity contribution is 5.46. The van der Waals surface area contributed by atoms with Crippen LogP contribution in [0.15, 0.2) is 36.5 Å². The van der Waals surface area contributed by atoms with Gasteiger partial charge in [0.1, 0.15) is 11.4 Å². The summed E-state index contributed by atoms with van der Waals surface area (Å²) in [6.45, 7) is 2.82. The van der Waals surface area contributed by atoms with Crippen LogP contribution in [0.1, 0.15) is 48.7 Å². The molecule has 2 heterocycles. The number of aromatic nitrogens is 1. The van der Waals surface area contributed by atoms with E-state index in [0.29, 0.717) is 11.1 Å². The summed E-state index contributed by atoms with van der Waals surface area (Å²) in [6.07, 6.45) is -1.51. The van der Waals surface area contributed by atoms with E-state index in [0.717, 1.165) is 0 Å². The zero-order valence-corrected chi connectivity index (χ0v) is 14.0. The minimum absolute atomic E-state index is 0.0677. The summed E-state index contributed by atoms with van der Waals surface area (Å²) in [5.74, 6) is -3.15.